The number of aliphatic hydroxyl groups is 1. The van der Waals surface area contributed by atoms with Gasteiger partial charge in [0.25, 0.3) is 0 Å². The van der Waals surface area contributed by atoms with Gasteiger partial charge in [-0.3, -0.25) is 0 Å². The number of hydrogen-bond acceptors (Lipinski definition) is 3. The van der Waals surface area contributed by atoms with E-state index < -0.39 is 0 Å². The number of hydrogen-bond donors (Lipinski definition) is 3. The summed E-state index contributed by atoms with van der Waals surface area (Å²) in [6, 6.07) is -0.0509. The van der Waals surface area contributed by atoms with Gasteiger partial charge in [-0.2, -0.15) is 0 Å². The zero-order valence-electron chi connectivity index (χ0n) is 7.52. The van der Waals surface area contributed by atoms with Crippen LogP contribution in [0.4, 0.5) is 0 Å². The van der Waals surface area contributed by atoms with Gasteiger partial charge in [-0.15, -0.1) is 0 Å². The Morgan fingerprint density at radius 2 is 2.09 bits per heavy atom. The zero-order chi connectivity index (χ0) is 8.85. The number of likely N-dealkylation sites (N-methyl/N-ethyl adjacent to an activating group) is 2. The van der Waals surface area contributed by atoms with Crippen LogP contribution < -0.4 is 10.6 Å². The Bertz CT molecular complexity index is 125. The summed E-state index contributed by atoms with van der Waals surface area (Å²) in [5, 5.41) is 15.4. The minimum atomic E-state index is -0.361. The maximum atomic E-state index is 9.46. The predicted molar refractivity (Wildman–Crippen MR) is 47.3 cm³/mol. The first-order chi connectivity index (χ1) is 5.17. The largest absolute Gasteiger partial charge is 0.391 e. The Balaban J connectivity index is 4.03. The lowest BCUT2D eigenvalue weighted by molar-refractivity contribution is 0.138. The fourth-order valence-electron chi connectivity index (χ4n) is 0.990. The van der Waals surface area contributed by atoms with Crippen LogP contribution in [0.3, 0.4) is 0 Å². The standard InChI is InChI=1S/C8H18N2O/c1-5-7(11)8(10-4)6(2)9-3/h7-11H,2,5H2,1,3-4H3. The third kappa shape index (κ3) is 2.91. The van der Waals surface area contributed by atoms with Gasteiger partial charge in [0.15, 0.2) is 0 Å². The van der Waals surface area contributed by atoms with Crippen molar-refractivity contribution in [2.45, 2.75) is 25.5 Å². The van der Waals surface area contributed by atoms with Crippen molar-refractivity contribution in [2.24, 2.45) is 0 Å². The van der Waals surface area contributed by atoms with E-state index in [1.165, 1.54) is 0 Å². The van der Waals surface area contributed by atoms with Crippen LogP contribution in [-0.2, 0) is 0 Å². The van der Waals surface area contributed by atoms with Gasteiger partial charge >= 0.3 is 0 Å². The van der Waals surface area contributed by atoms with E-state index in [2.05, 4.69) is 17.2 Å². The molecule has 0 aromatic carbocycles. The molecule has 0 fully saturated rings. The molecule has 0 saturated carbocycles. The van der Waals surface area contributed by atoms with E-state index in [0.717, 1.165) is 12.1 Å². The van der Waals surface area contributed by atoms with Crippen LogP contribution in [0.1, 0.15) is 13.3 Å². The topological polar surface area (TPSA) is 44.3 Å². The highest BCUT2D eigenvalue weighted by atomic mass is 16.3. The fourth-order valence-corrected chi connectivity index (χ4v) is 0.990. The van der Waals surface area contributed by atoms with Crippen molar-refractivity contribution < 1.29 is 5.11 Å². The van der Waals surface area contributed by atoms with Crippen LogP contribution in [0.5, 0.6) is 0 Å². The molecule has 0 aliphatic rings. The minimum Gasteiger partial charge on any atom is -0.391 e. The van der Waals surface area contributed by atoms with Crippen molar-refractivity contribution in [3.63, 3.8) is 0 Å². The second kappa shape index (κ2) is 5.16. The molecule has 3 nitrogen and oxygen atoms in total. The number of aliphatic hydroxyl groups excluding tert-OH is 1. The van der Waals surface area contributed by atoms with Crippen molar-refractivity contribution in [3.8, 4) is 0 Å². The first-order valence-electron chi connectivity index (χ1n) is 3.89. The lowest BCUT2D eigenvalue weighted by Crippen LogP contribution is -2.42. The van der Waals surface area contributed by atoms with Gasteiger partial charge in [0, 0.05) is 12.7 Å². The fraction of sp³-hybridized carbons (Fsp3) is 0.750. The highest BCUT2D eigenvalue weighted by molar-refractivity contribution is 5.04. The minimum absolute atomic E-state index is 0.0509. The summed E-state index contributed by atoms with van der Waals surface area (Å²) in [5.41, 5.74) is 0.821. The van der Waals surface area contributed by atoms with E-state index in [-0.39, 0.29) is 12.1 Å². The molecular formula is C8H18N2O. The van der Waals surface area contributed by atoms with Gasteiger partial charge in [0.1, 0.15) is 0 Å². The second-order valence-electron chi connectivity index (χ2n) is 2.52. The summed E-state index contributed by atoms with van der Waals surface area (Å²) in [6.45, 7) is 5.72. The molecule has 3 N–H and O–H groups in total. The molecule has 2 atom stereocenters. The molecule has 0 rings (SSSR count). The van der Waals surface area contributed by atoms with Gasteiger partial charge < -0.3 is 15.7 Å². The van der Waals surface area contributed by atoms with Gasteiger partial charge in [0.05, 0.1) is 12.1 Å². The second-order valence-corrected chi connectivity index (χ2v) is 2.52. The molecule has 66 valence electrons. The molecule has 2 unspecified atom stereocenters. The first-order valence-corrected chi connectivity index (χ1v) is 3.89. The monoisotopic (exact) mass is 158 g/mol. The Kier molecular flexibility index (Phi) is 4.90. The van der Waals surface area contributed by atoms with Crippen molar-refractivity contribution in [1.29, 1.82) is 0 Å². The highest BCUT2D eigenvalue weighted by Gasteiger charge is 2.17. The molecule has 0 heterocycles. The summed E-state index contributed by atoms with van der Waals surface area (Å²) in [5.74, 6) is 0. The third-order valence-corrected chi connectivity index (χ3v) is 1.81. The highest BCUT2D eigenvalue weighted by Crippen LogP contribution is 2.03. The van der Waals surface area contributed by atoms with Gasteiger partial charge in [0.2, 0.25) is 0 Å². The summed E-state index contributed by atoms with van der Waals surface area (Å²) >= 11 is 0. The van der Waals surface area contributed by atoms with Crippen LogP contribution in [0.15, 0.2) is 12.3 Å². The Labute approximate surface area is 68.5 Å². The third-order valence-electron chi connectivity index (χ3n) is 1.81. The molecule has 0 aromatic rings. The van der Waals surface area contributed by atoms with Crippen molar-refractivity contribution in [1.82, 2.24) is 10.6 Å². The first kappa shape index (κ1) is 10.5. The lowest BCUT2D eigenvalue weighted by atomic mass is 10.1. The molecule has 3 heteroatoms. The normalized spacial score (nSPS) is 15.6. The van der Waals surface area contributed by atoms with Crippen molar-refractivity contribution in [2.75, 3.05) is 14.1 Å². The maximum Gasteiger partial charge on any atom is 0.0746 e. The quantitative estimate of drug-likeness (QED) is 0.531. The van der Waals surface area contributed by atoms with Crippen LogP contribution >= 0.6 is 0 Å². The summed E-state index contributed by atoms with van der Waals surface area (Å²) < 4.78 is 0. The zero-order valence-corrected chi connectivity index (χ0v) is 7.52. The van der Waals surface area contributed by atoms with Gasteiger partial charge in [-0.25, -0.2) is 0 Å². The molecular weight excluding hydrogens is 140 g/mol. The lowest BCUT2D eigenvalue weighted by Gasteiger charge is -2.23. The van der Waals surface area contributed by atoms with Crippen LogP contribution in [0.2, 0.25) is 0 Å². The van der Waals surface area contributed by atoms with E-state index in [9.17, 15) is 5.11 Å². The SMILES string of the molecule is C=C(NC)C(NC)C(O)CC. The molecule has 0 bridgehead atoms. The van der Waals surface area contributed by atoms with Crippen molar-refractivity contribution in [3.05, 3.63) is 12.3 Å². The maximum absolute atomic E-state index is 9.46. The van der Waals surface area contributed by atoms with E-state index in [4.69, 9.17) is 0 Å². The average molecular weight is 158 g/mol. The van der Waals surface area contributed by atoms with E-state index in [0.29, 0.717) is 0 Å². The van der Waals surface area contributed by atoms with Crippen molar-refractivity contribution >= 4 is 0 Å². The Morgan fingerprint density at radius 1 is 1.55 bits per heavy atom. The van der Waals surface area contributed by atoms with E-state index in [1.54, 1.807) is 7.05 Å². The van der Waals surface area contributed by atoms with Gasteiger partial charge in [-0.05, 0) is 13.5 Å². The van der Waals surface area contributed by atoms with E-state index in [1.807, 2.05) is 14.0 Å². The molecule has 0 radical (unpaired) electrons. The molecule has 0 spiro atoms. The molecule has 0 saturated heterocycles. The summed E-state index contributed by atoms with van der Waals surface area (Å²) in [4.78, 5) is 0. The van der Waals surface area contributed by atoms with Crippen LogP contribution in [0, 0.1) is 0 Å². The van der Waals surface area contributed by atoms with Crippen LogP contribution in [0.25, 0.3) is 0 Å². The molecule has 0 amide bonds. The smallest absolute Gasteiger partial charge is 0.0746 e. The predicted octanol–water partition coefficient (Wildman–Crippen LogP) is 0.0784. The Morgan fingerprint density at radius 3 is 2.36 bits per heavy atom. The number of nitrogens with one attached hydrogen (secondary N) is 2. The van der Waals surface area contributed by atoms with Crippen LogP contribution in [-0.4, -0.2) is 31.3 Å². The molecule has 0 aliphatic heterocycles. The van der Waals surface area contributed by atoms with Gasteiger partial charge in [-0.1, -0.05) is 13.5 Å². The summed E-state index contributed by atoms with van der Waals surface area (Å²) in [6.07, 6.45) is 0.367. The average Bonchev–Trinajstić information content (AvgIpc) is 2.05. The molecule has 0 aromatic heterocycles. The Hall–Kier alpha value is -0.540. The summed E-state index contributed by atoms with van der Waals surface area (Å²) in [7, 11) is 3.61. The van der Waals surface area contributed by atoms with E-state index >= 15 is 0 Å². The molecule has 0 aliphatic carbocycles. The number of rotatable bonds is 5. The molecule has 11 heavy (non-hydrogen) atoms.